The number of ether oxygens (including phenoxy) is 2. The third-order valence-corrected chi connectivity index (χ3v) is 5.52. The summed E-state index contributed by atoms with van der Waals surface area (Å²) in [6, 6.07) is 16.7. The van der Waals surface area contributed by atoms with Gasteiger partial charge in [-0.2, -0.15) is 5.10 Å². The van der Waals surface area contributed by atoms with Crippen molar-refractivity contribution in [2.75, 3.05) is 26.2 Å². The summed E-state index contributed by atoms with van der Waals surface area (Å²) in [5.41, 5.74) is 4.25. The quantitative estimate of drug-likeness (QED) is 0.323. The molecule has 1 aliphatic rings. The van der Waals surface area contributed by atoms with Crippen molar-refractivity contribution in [3.05, 3.63) is 60.2 Å². The van der Waals surface area contributed by atoms with Crippen molar-refractivity contribution >= 4 is 17.5 Å². The van der Waals surface area contributed by atoms with Crippen molar-refractivity contribution in [2.24, 2.45) is 11.0 Å². The zero-order chi connectivity index (χ0) is 25.0. The standard InChI is InChI=1S/C26H34N4O5/c1-3-23(35-22-11-9-19(10-12-22)25-18(2)15-24(32)29-30-25)26(33)28-14-13-27-16-20(31)17-34-21-7-5-4-6-8-21/h4-12,18,20,23,27,31H,3,13-17H2,1-2H3,(H,28,33)(H,29,32). The number of carbonyl (C=O) groups is 2. The molecule has 3 rings (SSSR count). The van der Waals surface area contributed by atoms with Gasteiger partial charge in [0.2, 0.25) is 5.91 Å². The van der Waals surface area contributed by atoms with Crippen LogP contribution < -0.4 is 25.5 Å². The third-order valence-electron chi connectivity index (χ3n) is 5.52. The molecule has 9 heteroatoms. The molecule has 1 aliphatic heterocycles. The van der Waals surface area contributed by atoms with Crippen LogP contribution in [0.4, 0.5) is 0 Å². The molecular formula is C26H34N4O5. The molecule has 188 valence electrons. The van der Waals surface area contributed by atoms with Gasteiger partial charge < -0.3 is 25.2 Å². The zero-order valence-electron chi connectivity index (χ0n) is 20.2. The Morgan fingerprint density at radius 1 is 1.14 bits per heavy atom. The number of aliphatic hydroxyl groups is 1. The molecule has 0 spiro atoms. The Hall–Kier alpha value is -3.43. The van der Waals surface area contributed by atoms with Gasteiger partial charge in [0.15, 0.2) is 6.10 Å². The summed E-state index contributed by atoms with van der Waals surface area (Å²) in [7, 11) is 0. The third kappa shape index (κ3) is 8.38. The summed E-state index contributed by atoms with van der Waals surface area (Å²) in [5.74, 6) is 1.06. The number of para-hydroxylation sites is 1. The summed E-state index contributed by atoms with van der Waals surface area (Å²) in [6.07, 6.45) is -0.341. The van der Waals surface area contributed by atoms with Gasteiger partial charge in [-0.05, 0) is 48.4 Å². The van der Waals surface area contributed by atoms with Crippen LogP contribution >= 0.6 is 0 Å². The first-order valence-electron chi connectivity index (χ1n) is 11.9. The maximum Gasteiger partial charge on any atom is 0.261 e. The topological polar surface area (TPSA) is 121 Å². The summed E-state index contributed by atoms with van der Waals surface area (Å²) in [6.45, 7) is 5.32. The second-order valence-corrected chi connectivity index (χ2v) is 8.45. The van der Waals surface area contributed by atoms with Crippen LogP contribution in [-0.2, 0) is 9.59 Å². The van der Waals surface area contributed by atoms with Crippen molar-refractivity contribution in [1.29, 1.82) is 0 Å². The number of hydrazone groups is 1. The van der Waals surface area contributed by atoms with E-state index in [1.165, 1.54) is 0 Å². The number of nitrogens with zero attached hydrogens (tertiary/aromatic N) is 1. The van der Waals surface area contributed by atoms with Crippen molar-refractivity contribution < 1.29 is 24.2 Å². The fourth-order valence-corrected chi connectivity index (χ4v) is 3.62. The minimum absolute atomic E-state index is 0.0378. The number of hydrogen-bond donors (Lipinski definition) is 4. The average Bonchev–Trinajstić information content (AvgIpc) is 2.87. The van der Waals surface area contributed by atoms with Gasteiger partial charge in [-0.25, -0.2) is 5.43 Å². The van der Waals surface area contributed by atoms with Crippen molar-refractivity contribution in [3.8, 4) is 11.5 Å². The largest absolute Gasteiger partial charge is 0.491 e. The van der Waals surface area contributed by atoms with E-state index in [2.05, 4.69) is 21.2 Å². The summed E-state index contributed by atoms with van der Waals surface area (Å²) in [4.78, 5) is 24.0. The van der Waals surface area contributed by atoms with Gasteiger partial charge in [0, 0.05) is 32.0 Å². The lowest BCUT2D eigenvalue weighted by molar-refractivity contribution is -0.128. The van der Waals surface area contributed by atoms with Crippen LogP contribution in [0.3, 0.4) is 0 Å². The normalized spacial score (nSPS) is 17.1. The van der Waals surface area contributed by atoms with Crippen molar-refractivity contribution in [2.45, 2.75) is 38.9 Å². The average molecular weight is 483 g/mol. The molecule has 4 N–H and O–H groups in total. The SMILES string of the molecule is CCC(Oc1ccc(C2=NNC(=O)CC2C)cc1)C(=O)NCCNCC(O)COc1ccccc1. The maximum atomic E-state index is 12.5. The van der Waals surface area contributed by atoms with Crippen LogP contribution in [0.5, 0.6) is 11.5 Å². The van der Waals surface area contributed by atoms with E-state index in [9.17, 15) is 14.7 Å². The smallest absolute Gasteiger partial charge is 0.261 e. The molecule has 0 saturated heterocycles. The van der Waals surface area contributed by atoms with E-state index >= 15 is 0 Å². The number of carbonyl (C=O) groups excluding carboxylic acids is 2. The van der Waals surface area contributed by atoms with Gasteiger partial charge in [-0.3, -0.25) is 9.59 Å². The fraction of sp³-hybridized carbons (Fsp3) is 0.423. The van der Waals surface area contributed by atoms with E-state index in [0.717, 1.165) is 11.3 Å². The van der Waals surface area contributed by atoms with Gasteiger partial charge >= 0.3 is 0 Å². The Bertz CT molecular complexity index is 981. The molecule has 0 radical (unpaired) electrons. The Balaban J connectivity index is 1.36. The molecule has 1 heterocycles. The van der Waals surface area contributed by atoms with Crippen molar-refractivity contribution in [1.82, 2.24) is 16.1 Å². The Kier molecular flexibility index (Phi) is 10.1. The number of hydrogen-bond acceptors (Lipinski definition) is 7. The van der Waals surface area contributed by atoms with Crippen LogP contribution in [0.1, 0.15) is 32.3 Å². The number of benzene rings is 2. The first kappa shape index (κ1) is 26.2. The van der Waals surface area contributed by atoms with Gasteiger partial charge in [0.05, 0.1) is 5.71 Å². The second-order valence-electron chi connectivity index (χ2n) is 8.45. The highest BCUT2D eigenvalue weighted by Crippen LogP contribution is 2.20. The molecule has 3 unspecified atom stereocenters. The lowest BCUT2D eigenvalue weighted by Crippen LogP contribution is -2.42. The van der Waals surface area contributed by atoms with E-state index in [-0.39, 0.29) is 24.3 Å². The van der Waals surface area contributed by atoms with Gasteiger partial charge in [0.25, 0.3) is 5.91 Å². The summed E-state index contributed by atoms with van der Waals surface area (Å²) < 4.78 is 11.4. The number of nitrogens with one attached hydrogen (secondary N) is 3. The molecule has 0 aliphatic carbocycles. The Labute approximate surface area is 205 Å². The molecule has 0 fully saturated rings. The lowest BCUT2D eigenvalue weighted by Gasteiger charge is -2.20. The molecule has 0 aromatic heterocycles. The van der Waals surface area contributed by atoms with Crippen LogP contribution in [0.25, 0.3) is 0 Å². The minimum Gasteiger partial charge on any atom is -0.491 e. The molecule has 3 atom stereocenters. The number of rotatable bonds is 13. The molecule has 2 aromatic carbocycles. The summed E-state index contributed by atoms with van der Waals surface area (Å²) in [5, 5.41) is 20.1. The van der Waals surface area contributed by atoms with Crippen LogP contribution in [0.15, 0.2) is 59.7 Å². The van der Waals surface area contributed by atoms with Crippen LogP contribution in [0.2, 0.25) is 0 Å². The monoisotopic (exact) mass is 482 g/mol. The highest BCUT2D eigenvalue weighted by atomic mass is 16.5. The first-order chi connectivity index (χ1) is 17.0. The molecular weight excluding hydrogens is 448 g/mol. The van der Waals surface area contributed by atoms with Gasteiger partial charge in [-0.15, -0.1) is 0 Å². The molecule has 2 amide bonds. The van der Waals surface area contributed by atoms with Gasteiger partial charge in [0.1, 0.15) is 24.2 Å². The molecule has 35 heavy (non-hydrogen) atoms. The van der Waals surface area contributed by atoms with Crippen LogP contribution in [-0.4, -0.2) is 61.1 Å². The van der Waals surface area contributed by atoms with E-state index in [4.69, 9.17) is 9.47 Å². The van der Waals surface area contributed by atoms with E-state index in [1.807, 2.05) is 56.3 Å². The minimum atomic E-state index is -0.653. The Morgan fingerprint density at radius 2 is 1.89 bits per heavy atom. The zero-order valence-corrected chi connectivity index (χ0v) is 20.2. The number of aliphatic hydroxyl groups excluding tert-OH is 1. The lowest BCUT2D eigenvalue weighted by atomic mass is 9.94. The highest BCUT2D eigenvalue weighted by Gasteiger charge is 2.22. The predicted molar refractivity (Wildman–Crippen MR) is 133 cm³/mol. The van der Waals surface area contributed by atoms with Crippen LogP contribution in [0, 0.1) is 5.92 Å². The van der Waals surface area contributed by atoms with E-state index < -0.39 is 12.2 Å². The Morgan fingerprint density at radius 3 is 2.57 bits per heavy atom. The maximum absolute atomic E-state index is 12.5. The van der Waals surface area contributed by atoms with Gasteiger partial charge in [-0.1, -0.05) is 32.0 Å². The number of amides is 2. The van der Waals surface area contributed by atoms with Crippen molar-refractivity contribution in [3.63, 3.8) is 0 Å². The first-order valence-corrected chi connectivity index (χ1v) is 11.9. The predicted octanol–water partition coefficient (Wildman–Crippen LogP) is 1.85. The molecule has 0 bridgehead atoms. The highest BCUT2D eigenvalue weighted by molar-refractivity contribution is 6.05. The molecule has 9 nitrogen and oxygen atoms in total. The van der Waals surface area contributed by atoms with E-state index in [1.54, 1.807) is 12.1 Å². The molecule has 0 saturated carbocycles. The summed E-state index contributed by atoms with van der Waals surface area (Å²) >= 11 is 0. The molecule has 2 aromatic rings. The second kappa shape index (κ2) is 13.5. The fourth-order valence-electron chi connectivity index (χ4n) is 3.62. The van der Waals surface area contributed by atoms with E-state index in [0.29, 0.717) is 44.0 Å².